The van der Waals surface area contributed by atoms with Gasteiger partial charge >= 0.3 is 5.97 Å². The van der Waals surface area contributed by atoms with Gasteiger partial charge in [0.2, 0.25) is 0 Å². The molecular weight excluding hydrogens is 215 g/mol. The number of carbonyl (C=O) groups is 2. The van der Waals surface area contributed by atoms with Gasteiger partial charge in [0, 0.05) is 17.2 Å². The van der Waals surface area contributed by atoms with Gasteiger partial charge in [0.1, 0.15) is 11.6 Å². The Bertz CT molecular complexity index is 415. The lowest BCUT2D eigenvalue weighted by Crippen LogP contribution is -2.09. The lowest BCUT2D eigenvalue weighted by Gasteiger charge is -2.07. The van der Waals surface area contributed by atoms with E-state index < -0.39 is 11.8 Å². The molecule has 1 aromatic carbocycles. The van der Waals surface area contributed by atoms with Crippen LogP contribution >= 0.6 is 0 Å². The van der Waals surface area contributed by atoms with Gasteiger partial charge in [0.25, 0.3) is 0 Å². The first-order chi connectivity index (χ1) is 7.62. The van der Waals surface area contributed by atoms with Crippen molar-refractivity contribution in [2.45, 2.75) is 6.42 Å². The van der Waals surface area contributed by atoms with Gasteiger partial charge in [-0.15, -0.1) is 0 Å². The van der Waals surface area contributed by atoms with Crippen LogP contribution in [0.1, 0.15) is 15.9 Å². The number of hydrogen-bond donors (Lipinski definition) is 0. The van der Waals surface area contributed by atoms with Crippen molar-refractivity contribution in [2.75, 3.05) is 14.2 Å². The van der Waals surface area contributed by atoms with Gasteiger partial charge in [-0.1, -0.05) is 0 Å². The number of methoxy groups -OCH3 is 2. The van der Waals surface area contributed by atoms with Crippen LogP contribution in [0.2, 0.25) is 0 Å². The smallest absolute Gasteiger partial charge is 0.310 e. The van der Waals surface area contributed by atoms with Crippen molar-refractivity contribution in [1.29, 1.82) is 0 Å². The summed E-state index contributed by atoms with van der Waals surface area (Å²) in [6, 6.07) is 2.49. The third-order valence-electron chi connectivity index (χ3n) is 2.11. The minimum absolute atomic E-state index is 0.0163. The molecule has 0 atom stereocenters. The van der Waals surface area contributed by atoms with Crippen molar-refractivity contribution in [3.05, 3.63) is 29.1 Å². The Kier molecular flexibility index (Phi) is 3.99. The normalized spacial score (nSPS) is 9.69. The van der Waals surface area contributed by atoms with Gasteiger partial charge in [-0.25, -0.2) is 4.39 Å². The quantitative estimate of drug-likeness (QED) is 0.574. The molecule has 1 aromatic rings. The Morgan fingerprint density at radius 3 is 2.62 bits per heavy atom. The molecule has 0 bridgehead atoms. The number of rotatable bonds is 4. The Balaban J connectivity index is 3.16. The molecule has 0 aliphatic carbocycles. The summed E-state index contributed by atoms with van der Waals surface area (Å²) in [5.74, 6) is -1.03. The van der Waals surface area contributed by atoms with Crippen molar-refractivity contribution in [3.63, 3.8) is 0 Å². The number of benzene rings is 1. The molecule has 1 rings (SSSR count). The second-order valence-electron chi connectivity index (χ2n) is 3.05. The molecule has 0 N–H and O–H groups in total. The van der Waals surface area contributed by atoms with Crippen LogP contribution in [0, 0.1) is 5.82 Å². The van der Waals surface area contributed by atoms with Crippen LogP contribution in [0.25, 0.3) is 0 Å². The summed E-state index contributed by atoms with van der Waals surface area (Å²) in [7, 11) is 2.56. The minimum atomic E-state index is -0.660. The van der Waals surface area contributed by atoms with Crippen molar-refractivity contribution in [2.24, 2.45) is 0 Å². The van der Waals surface area contributed by atoms with Crippen LogP contribution in [0.5, 0.6) is 5.75 Å². The van der Waals surface area contributed by atoms with Gasteiger partial charge in [-0.3, -0.25) is 9.59 Å². The van der Waals surface area contributed by atoms with E-state index in [1.54, 1.807) is 0 Å². The Labute approximate surface area is 92.0 Å². The van der Waals surface area contributed by atoms with E-state index >= 15 is 0 Å². The largest absolute Gasteiger partial charge is 0.497 e. The van der Waals surface area contributed by atoms with E-state index in [4.69, 9.17) is 4.74 Å². The average Bonchev–Trinajstić information content (AvgIpc) is 2.30. The molecule has 0 fully saturated rings. The van der Waals surface area contributed by atoms with E-state index in [2.05, 4.69) is 4.74 Å². The molecule has 0 unspecified atom stereocenters. The molecule has 0 radical (unpaired) electrons. The zero-order chi connectivity index (χ0) is 12.1. The predicted octanol–water partition coefficient (Wildman–Crippen LogP) is 1.36. The molecule has 0 spiro atoms. The lowest BCUT2D eigenvalue weighted by atomic mass is 10.0. The Morgan fingerprint density at radius 1 is 1.44 bits per heavy atom. The maximum absolute atomic E-state index is 13.5. The zero-order valence-electron chi connectivity index (χ0n) is 8.95. The average molecular weight is 226 g/mol. The number of ether oxygens (including phenoxy) is 2. The van der Waals surface area contributed by atoms with E-state index in [-0.39, 0.29) is 23.3 Å². The fraction of sp³-hybridized carbons (Fsp3) is 0.273. The van der Waals surface area contributed by atoms with E-state index in [0.29, 0.717) is 6.29 Å². The molecule has 86 valence electrons. The number of carbonyl (C=O) groups excluding carboxylic acids is 2. The van der Waals surface area contributed by atoms with Crippen LogP contribution in [-0.4, -0.2) is 26.5 Å². The van der Waals surface area contributed by atoms with Crippen LogP contribution in [0.3, 0.4) is 0 Å². The van der Waals surface area contributed by atoms with Crippen LogP contribution in [-0.2, 0) is 16.0 Å². The van der Waals surface area contributed by atoms with E-state index in [0.717, 1.165) is 6.07 Å². The number of esters is 1. The highest BCUT2D eigenvalue weighted by atomic mass is 19.1. The summed E-state index contributed by atoms with van der Waals surface area (Å²) in [4.78, 5) is 21.8. The topological polar surface area (TPSA) is 52.6 Å². The fourth-order valence-electron chi connectivity index (χ4n) is 1.26. The molecule has 0 amide bonds. The van der Waals surface area contributed by atoms with E-state index in [1.165, 1.54) is 20.3 Å². The lowest BCUT2D eigenvalue weighted by molar-refractivity contribution is -0.139. The summed E-state index contributed by atoms with van der Waals surface area (Å²) in [5.41, 5.74) is 0.102. The molecule has 4 nitrogen and oxygen atoms in total. The maximum Gasteiger partial charge on any atom is 0.310 e. The van der Waals surface area contributed by atoms with Crippen molar-refractivity contribution < 1.29 is 23.5 Å². The van der Waals surface area contributed by atoms with E-state index in [1.807, 2.05) is 0 Å². The highest BCUT2D eigenvalue weighted by Crippen LogP contribution is 2.21. The predicted molar refractivity (Wildman–Crippen MR) is 54.1 cm³/mol. The summed E-state index contributed by atoms with van der Waals surface area (Å²) in [6.07, 6.45) is 0.199. The Morgan fingerprint density at radius 2 is 2.12 bits per heavy atom. The first kappa shape index (κ1) is 12.2. The molecule has 0 aliphatic heterocycles. The van der Waals surface area contributed by atoms with Crippen molar-refractivity contribution >= 4 is 12.3 Å². The maximum atomic E-state index is 13.5. The zero-order valence-corrected chi connectivity index (χ0v) is 8.95. The standard InChI is InChI=1S/C11H11FO4/c1-15-8-3-7(6-13)9(10(12)4-8)5-11(14)16-2/h3-4,6H,5H2,1-2H3. The molecule has 0 saturated carbocycles. The molecule has 0 heterocycles. The van der Waals surface area contributed by atoms with Gasteiger partial charge in [-0.05, 0) is 6.07 Å². The SMILES string of the molecule is COC(=O)Cc1c(F)cc(OC)cc1C=O. The molecule has 0 aromatic heterocycles. The second-order valence-corrected chi connectivity index (χ2v) is 3.05. The molecule has 5 heteroatoms. The molecule has 0 saturated heterocycles. The summed E-state index contributed by atoms with van der Waals surface area (Å²) in [6.45, 7) is 0. The van der Waals surface area contributed by atoms with Crippen molar-refractivity contribution in [3.8, 4) is 5.75 Å². The minimum Gasteiger partial charge on any atom is -0.497 e. The van der Waals surface area contributed by atoms with Gasteiger partial charge in [-0.2, -0.15) is 0 Å². The number of hydrogen-bond acceptors (Lipinski definition) is 4. The fourth-order valence-corrected chi connectivity index (χ4v) is 1.26. The third-order valence-corrected chi connectivity index (χ3v) is 2.11. The van der Waals surface area contributed by atoms with E-state index in [9.17, 15) is 14.0 Å². The highest BCUT2D eigenvalue weighted by Gasteiger charge is 2.14. The number of halogens is 1. The van der Waals surface area contributed by atoms with Gasteiger partial charge in [0.15, 0.2) is 6.29 Å². The molecule has 16 heavy (non-hydrogen) atoms. The number of aldehydes is 1. The van der Waals surface area contributed by atoms with Gasteiger partial charge < -0.3 is 9.47 Å². The summed E-state index contributed by atoms with van der Waals surface area (Å²) < 4.78 is 22.8. The van der Waals surface area contributed by atoms with Crippen LogP contribution in [0.4, 0.5) is 4.39 Å². The molecule has 0 aliphatic rings. The monoisotopic (exact) mass is 226 g/mol. The van der Waals surface area contributed by atoms with Crippen LogP contribution < -0.4 is 4.74 Å². The van der Waals surface area contributed by atoms with Gasteiger partial charge in [0.05, 0.1) is 20.6 Å². The Hall–Kier alpha value is -1.91. The highest BCUT2D eigenvalue weighted by molar-refractivity contribution is 5.82. The second kappa shape index (κ2) is 5.25. The molecular formula is C11H11FO4. The van der Waals surface area contributed by atoms with Crippen molar-refractivity contribution in [1.82, 2.24) is 0 Å². The summed E-state index contributed by atoms with van der Waals surface area (Å²) in [5, 5.41) is 0. The van der Waals surface area contributed by atoms with Crippen LogP contribution in [0.15, 0.2) is 12.1 Å². The first-order valence-corrected chi connectivity index (χ1v) is 4.50. The first-order valence-electron chi connectivity index (χ1n) is 4.50. The summed E-state index contributed by atoms with van der Waals surface area (Å²) >= 11 is 0. The third kappa shape index (κ3) is 2.56.